The number of carbonyl (C=O) groups excluding carboxylic acids is 1. The number of hydrogen-bond donors (Lipinski definition) is 1. The first-order chi connectivity index (χ1) is 14.2. The molecule has 0 atom stereocenters. The van der Waals surface area contributed by atoms with Crippen molar-refractivity contribution in [3.63, 3.8) is 0 Å². The summed E-state index contributed by atoms with van der Waals surface area (Å²) in [6.07, 6.45) is 0. The minimum atomic E-state index is -0.0917. The quantitative estimate of drug-likeness (QED) is 0.677. The van der Waals surface area contributed by atoms with Gasteiger partial charge in [0.25, 0.3) is 5.91 Å². The summed E-state index contributed by atoms with van der Waals surface area (Å²) in [6, 6.07) is 13.6. The van der Waals surface area contributed by atoms with Gasteiger partial charge in [-0.15, -0.1) is 0 Å². The topological polar surface area (TPSA) is 57.7 Å². The summed E-state index contributed by atoms with van der Waals surface area (Å²) in [5.41, 5.74) is 2.93. The van der Waals surface area contributed by atoms with Gasteiger partial charge in [-0.3, -0.25) is 9.69 Å². The van der Waals surface area contributed by atoms with Crippen LogP contribution in [0.15, 0.2) is 42.5 Å². The van der Waals surface area contributed by atoms with Crippen LogP contribution in [0.25, 0.3) is 10.2 Å². The molecule has 1 aliphatic heterocycles. The standard InChI is InChI=1S/C22H26N4O2S/c1-16-6-5-9-19-20(16)24-22(29-19)26-14-12-25(13-15-26)11-10-23-21(27)17-7-3-4-8-18(17)28-2/h3-9H,10-15H2,1-2H3,(H,23,27). The number of rotatable bonds is 6. The van der Waals surface area contributed by atoms with Crippen molar-refractivity contribution in [1.82, 2.24) is 15.2 Å². The Kier molecular flexibility index (Phi) is 5.97. The largest absolute Gasteiger partial charge is 0.496 e. The number of aromatic nitrogens is 1. The SMILES string of the molecule is COc1ccccc1C(=O)NCCN1CCN(c2nc3c(C)cccc3s2)CC1. The van der Waals surface area contributed by atoms with E-state index in [2.05, 4.69) is 40.2 Å². The summed E-state index contributed by atoms with van der Waals surface area (Å²) in [5.74, 6) is 0.510. The van der Waals surface area contributed by atoms with Gasteiger partial charge in [0.15, 0.2) is 5.13 Å². The van der Waals surface area contributed by atoms with Gasteiger partial charge in [-0.2, -0.15) is 0 Å². The normalized spacial score (nSPS) is 14.9. The molecular formula is C22H26N4O2S. The van der Waals surface area contributed by atoms with E-state index in [1.165, 1.54) is 10.3 Å². The first-order valence-electron chi connectivity index (χ1n) is 9.90. The van der Waals surface area contributed by atoms with Crippen LogP contribution in [0.4, 0.5) is 5.13 Å². The van der Waals surface area contributed by atoms with Crippen LogP contribution in [-0.4, -0.2) is 62.2 Å². The Bertz CT molecular complexity index is 995. The van der Waals surface area contributed by atoms with Gasteiger partial charge in [0.2, 0.25) is 0 Å². The van der Waals surface area contributed by atoms with Crippen molar-refractivity contribution in [2.24, 2.45) is 0 Å². The molecule has 1 fully saturated rings. The number of hydrogen-bond acceptors (Lipinski definition) is 6. The van der Waals surface area contributed by atoms with Crippen molar-refractivity contribution in [3.8, 4) is 5.75 Å². The van der Waals surface area contributed by atoms with Crippen molar-refractivity contribution in [2.75, 3.05) is 51.3 Å². The number of piperazine rings is 1. The van der Waals surface area contributed by atoms with Crippen LogP contribution in [0, 0.1) is 6.92 Å². The summed E-state index contributed by atoms with van der Waals surface area (Å²) in [6.45, 7) is 7.44. The van der Waals surface area contributed by atoms with Crippen LogP contribution in [0.3, 0.4) is 0 Å². The zero-order valence-corrected chi connectivity index (χ0v) is 17.7. The zero-order chi connectivity index (χ0) is 20.2. The van der Waals surface area contributed by atoms with Gasteiger partial charge in [0, 0.05) is 39.3 Å². The van der Waals surface area contributed by atoms with Gasteiger partial charge >= 0.3 is 0 Å². The molecule has 1 aliphatic rings. The van der Waals surface area contributed by atoms with Gasteiger partial charge in [-0.1, -0.05) is 35.6 Å². The first kappa shape index (κ1) is 19.7. The van der Waals surface area contributed by atoms with Crippen molar-refractivity contribution in [1.29, 1.82) is 0 Å². The van der Waals surface area contributed by atoms with E-state index < -0.39 is 0 Å². The van der Waals surface area contributed by atoms with E-state index in [0.717, 1.165) is 43.4 Å². The molecule has 0 aliphatic carbocycles. The third-order valence-corrected chi connectivity index (χ3v) is 6.40. The van der Waals surface area contributed by atoms with E-state index in [4.69, 9.17) is 9.72 Å². The lowest BCUT2D eigenvalue weighted by Gasteiger charge is -2.34. The maximum absolute atomic E-state index is 12.4. The fourth-order valence-electron chi connectivity index (χ4n) is 3.63. The number of aryl methyl sites for hydroxylation is 1. The fourth-order valence-corrected chi connectivity index (χ4v) is 4.72. The molecule has 1 saturated heterocycles. The number of methoxy groups -OCH3 is 1. The van der Waals surface area contributed by atoms with Gasteiger partial charge in [-0.05, 0) is 30.7 Å². The number of nitrogens with one attached hydrogen (secondary N) is 1. The summed E-state index contributed by atoms with van der Waals surface area (Å²) < 4.78 is 6.52. The molecule has 152 valence electrons. The molecule has 2 aromatic carbocycles. The minimum absolute atomic E-state index is 0.0917. The van der Waals surface area contributed by atoms with Crippen molar-refractivity contribution < 1.29 is 9.53 Å². The van der Waals surface area contributed by atoms with Crippen molar-refractivity contribution >= 4 is 32.6 Å². The molecule has 0 saturated carbocycles. The lowest BCUT2D eigenvalue weighted by atomic mass is 10.2. The molecule has 1 N–H and O–H groups in total. The molecular weight excluding hydrogens is 384 g/mol. The van der Waals surface area contributed by atoms with Crippen LogP contribution in [0.1, 0.15) is 15.9 Å². The second-order valence-corrected chi connectivity index (χ2v) is 8.21. The van der Waals surface area contributed by atoms with Crippen LogP contribution >= 0.6 is 11.3 Å². The molecule has 1 amide bonds. The molecule has 0 bridgehead atoms. The summed E-state index contributed by atoms with van der Waals surface area (Å²) in [4.78, 5) is 22.0. The highest BCUT2D eigenvalue weighted by atomic mass is 32.1. The van der Waals surface area contributed by atoms with Gasteiger partial charge in [0.05, 0.1) is 22.9 Å². The Morgan fingerprint density at radius 1 is 1.14 bits per heavy atom. The summed E-state index contributed by atoms with van der Waals surface area (Å²) in [7, 11) is 1.58. The average molecular weight is 411 g/mol. The third-order valence-electron chi connectivity index (χ3n) is 5.32. The number of benzene rings is 2. The molecule has 6 nitrogen and oxygen atoms in total. The summed E-state index contributed by atoms with van der Waals surface area (Å²) in [5, 5.41) is 4.11. The molecule has 4 rings (SSSR count). The van der Waals surface area contributed by atoms with Crippen LogP contribution in [0.2, 0.25) is 0 Å². The highest BCUT2D eigenvalue weighted by Crippen LogP contribution is 2.30. The van der Waals surface area contributed by atoms with E-state index in [9.17, 15) is 4.79 Å². The number of ether oxygens (including phenoxy) is 1. The van der Waals surface area contributed by atoms with E-state index in [1.807, 2.05) is 12.1 Å². The van der Waals surface area contributed by atoms with Gasteiger partial charge in [-0.25, -0.2) is 4.98 Å². The Balaban J connectivity index is 1.27. The maximum atomic E-state index is 12.4. The third kappa shape index (κ3) is 4.36. The summed E-state index contributed by atoms with van der Waals surface area (Å²) >= 11 is 1.77. The zero-order valence-electron chi connectivity index (χ0n) is 16.9. The smallest absolute Gasteiger partial charge is 0.255 e. The number of para-hydroxylation sites is 2. The number of amides is 1. The maximum Gasteiger partial charge on any atom is 0.255 e. The minimum Gasteiger partial charge on any atom is -0.496 e. The lowest BCUT2D eigenvalue weighted by molar-refractivity contribution is 0.0944. The van der Waals surface area contributed by atoms with Gasteiger partial charge < -0.3 is 15.0 Å². The Morgan fingerprint density at radius 3 is 2.69 bits per heavy atom. The van der Waals surface area contributed by atoms with Crippen molar-refractivity contribution in [2.45, 2.75) is 6.92 Å². The molecule has 29 heavy (non-hydrogen) atoms. The molecule has 2 heterocycles. The van der Waals surface area contributed by atoms with Crippen LogP contribution in [-0.2, 0) is 0 Å². The van der Waals surface area contributed by atoms with E-state index >= 15 is 0 Å². The molecule has 0 spiro atoms. The highest BCUT2D eigenvalue weighted by molar-refractivity contribution is 7.22. The number of carbonyl (C=O) groups is 1. The Morgan fingerprint density at radius 2 is 1.93 bits per heavy atom. The number of anilines is 1. The fraction of sp³-hybridized carbons (Fsp3) is 0.364. The predicted molar refractivity (Wildman–Crippen MR) is 118 cm³/mol. The van der Waals surface area contributed by atoms with Crippen LogP contribution in [0.5, 0.6) is 5.75 Å². The molecule has 0 unspecified atom stereocenters. The monoisotopic (exact) mass is 410 g/mol. The van der Waals surface area contributed by atoms with E-state index in [1.54, 1.807) is 30.6 Å². The lowest BCUT2D eigenvalue weighted by Crippen LogP contribution is -2.48. The number of fused-ring (bicyclic) bond motifs is 1. The number of thiazole rings is 1. The Hall–Kier alpha value is -2.64. The van der Waals surface area contributed by atoms with Crippen molar-refractivity contribution in [3.05, 3.63) is 53.6 Å². The van der Waals surface area contributed by atoms with Gasteiger partial charge in [0.1, 0.15) is 5.75 Å². The molecule has 3 aromatic rings. The molecule has 1 aromatic heterocycles. The second-order valence-electron chi connectivity index (χ2n) is 7.20. The molecule has 0 radical (unpaired) electrons. The van der Waals surface area contributed by atoms with E-state index in [0.29, 0.717) is 17.9 Å². The average Bonchev–Trinajstić information content (AvgIpc) is 3.20. The first-order valence-corrected chi connectivity index (χ1v) is 10.7. The Labute approximate surface area is 175 Å². The van der Waals surface area contributed by atoms with E-state index in [-0.39, 0.29) is 5.91 Å². The second kappa shape index (κ2) is 8.80. The van der Waals surface area contributed by atoms with Crippen LogP contribution < -0.4 is 15.0 Å². The number of nitrogens with zero attached hydrogens (tertiary/aromatic N) is 3. The molecule has 7 heteroatoms. The highest BCUT2D eigenvalue weighted by Gasteiger charge is 2.20. The predicted octanol–water partition coefficient (Wildman–Crippen LogP) is 3.17.